The minimum atomic E-state index is -3.63. The maximum Gasteiger partial charge on any atom is 0.267 e. The first kappa shape index (κ1) is 12.4. The number of aromatic hydroxyl groups is 1. The van der Waals surface area contributed by atoms with Crippen molar-refractivity contribution in [3.63, 3.8) is 0 Å². The number of phenols is 1. The minimum absolute atomic E-state index is 0.0871. The van der Waals surface area contributed by atoms with Crippen LogP contribution in [0.4, 0.5) is 5.69 Å². The average molecular weight is 267 g/mol. The largest absolute Gasteiger partial charge is 0.508 e. The molecule has 2 N–H and O–H groups in total. The number of hydrogen-bond donors (Lipinski definition) is 2. The van der Waals surface area contributed by atoms with Crippen LogP contribution in [0.15, 0.2) is 35.4 Å². The second kappa shape index (κ2) is 4.34. The number of phenolic OH excluding ortho intramolecular Hbond substituents is 1. The van der Waals surface area contributed by atoms with Crippen LogP contribution >= 0.6 is 0 Å². The standard InChI is InChI=1S/C11H13N3O3S/c1-8-11(7-12-13-8)18(16,17)14(2)9-3-5-10(15)6-4-9/h3-7,15H,1-2H3,(H,12,13). The fourth-order valence-corrected chi connectivity index (χ4v) is 2.86. The molecule has 18 heavy (non-hydrogen) atoms. The van der Waals surface area contributed by atoms with Gasteiger partial charge in [0.25, 0.3) is 10.0 Å². The van der Waals surface area contributed by atoms with E-state index in [1.807, 2.05) is 0 Å². The van der Waals surface area contributed by atoms with Gasteiger partial charge in [0.15, 0.2) is 0 Å². The Hall–Kier alpha value is -2.02. The minimum Gasteiger partial charge on any atom is -0.508 e. The van der Waals surface area contributed by atoms with Gasteiger partial charge in [0, 0.05) is 7.05 Å². The summed E-state index contributed by atoms with van der Waals surface area (Å²) in [6, 6.07) is 5.93. The molecule has 6 nitrogen and oxygen atoms in total. The Morgan fingerprint density at radius 2 is 1.89 bits per heavy atom. The van der Waals surface area contributed by atoms with Gasteiger partial charge in [0.1, 0.15) is 10.6 Å². The van der Waals surface area contributed by atoms with Crippen molar-refractivity contribution in [3.8, 4) is 5.75 Å². The van der Waals surface area contributed by atoms with E-state index < -0.39 is 10.0 Å². The zero-order valence-electron chi connectivity index (χ0n) is 9.95. The van der Waals surface area contributed by atoms with Crippen molar-refractivity contribution in [1.82, 2.24) is 10.2 Å². The van der Waals surface area contributed by atoms with E-state index in [2.05, 4.69) is 10.2 Å². The van der Waals surface area contributed by atoms with Crippen LogP contribution in [0.1, 0.15) is 5.69 Å². The summed E-state index contributed by atoms with van der Waals surface area (Å²) in [5, 5.41) is 15.5. The number of nitrogens with zero attached hydrogens (tertiary/aromatic N) is 2. The lowest BCUT2D eigenvalue weighted by atomic mass is 10.3. The molecule has 0 unspecified atom stereocenters. The highest BCUT2D eigenvalue weighted by Crippen LogP contribution is 2.24. The topological polar surface area (TPSA) is 86.3 Å². The summed E-state index contributed by atoms with van der Waals surface area (Å²) >= 11 is 0. The summed E-state index contributed by atoms with van der Waals surface area (Å²) in [5.74, 6) is 0.0871. The number of sulfonamides is 1. The van der Waals surface area contributed by atoms with Crippen LogP contribution in [0.25, 0.3) is 0 Å². The molecule has 0 aliphatic heterocycles. The summed E-state index contributed by atoms with van der Waals surface area (Å²) in [6.07, 6.45) is 1.28. The average Bonchev–Trinajstić information content (AvgIpc) is 2.76. The molecule has 0 radical (unpaired) electrons. The highest BCUT2D eigenvalue weighted by molar-refractivity contribution is 7.92. The Morgan fingerprint density at radius 1 is 1.28 bits per heavy atom. The summed E-state index contributed by atoms with van der Waals surface area (Å²) in [5.41, 5.74) is 0.953. The molecule has 0 bridgehead atoms. The predicted octanol–water partition coefficient (Wildman–Crippen LogP) is 1.25. The Bertz CT molecular complexity index is 646. The van der Waals surface area contributed by atoms with Gasteiger partial charge in [-0.1, -0.05) is 0 Å². The quantitative estimate of drug-likeness (QED) is 0.876. The molecule has 0 amide bonds. The van der Waals surface area contributed by atoms with E-state index in [1.54, 1.807) is 6.92 Å². The van der Waals surface area contributed by atoms with Gasteiger partial charge in [0.05, 0.1) is 17.6 Å². The third-order valence-electron chi connectivity index (χ3n) is 2.64. The van der Waals surface area contributed by atoms with E-state index in [0.717, 1.165) is 4.31 Å². The van der Waals surface area contributed by atoms with Crippen LogP contribution in [0.3, 0.4) is 0 Å². The predicted molar refractivity (Wildman–Crippen MR) is 67.0 cm³/mol. The van der Waals surface area contributed by atoms with Crippen molar-refractivity contribution in [2.24, 2.45) is 0 Å². The molecule has 0 fully saturated rings. The summed E-state index contributed by atoms with van der Waals surface area (Å²) in [4.78, 5) is 0.137. The molecule has 0 saturated carbocycles. The van der Waals surface area contributed by atoms with Crippen molar-refractivity contribution >= 4 is 15.7 Å². The molecule has 1 aromatic carbocycles. The molecule has 7 heteroatoms. The number of H-pyrrole nitrogens is 1. The van der Waals surface area contributed by atoms with Gasteiger partial charge in [-0.05, 0) is 31.2 Å². The smallest absolute Gasteiger partial charge is 0.267 e. The molecule has 0 spiro atoms. The van der Waals surface area contributed by atoms with Crippen molar-refractivity contribution in [3.05, 3.63) is 36.2 Å². The molecule has 1 aromatic heterocycles. The number of nitrogens with one attached hydrogen (secondary N) is 1. The number of anilines is 1. The Kier molecular flexibility index (Phi) is 3.00. The third kappa shape index (κ3) is 2.04. The lowest BCUT2D eigenvalue weighted by molar-refractivity contribution is 0.475. The molecule has 0 atom stereocenters. The Labute approximate surface area is 105 Å². The zero-order chi connectivity index (χ0) is 13.3. The molecule has 0 saturated heterocycles. The highest BCUT2D eigenvalue weighted by Gasteiger charge is 2.24. The molecule has 1 heterocycles. The normalized spacial score (nSPS) is 11.4. The summed E-state index contributed by atoms with van der Waals surface area (Å²) < 4.78 is 25.7. The van der Waals surface area contributed by atoms with Crippen LogP contribution in [-0.4, -0.2) is 30.8 Å². The van der Waals surface area contributed by atoms with Crippen LogP contribution in [0, 0.1) is 6.92 Å². The van der Waals surface area contributed by atoms with Gasteiger partial charge in [-0.3, -0.25) is 9.40 Å². The number of aromatic amines is 1. The fraction of sp³-hybridized carbons (Fsp3) is 0.182. The first-order valence-corrected chi connectivity index (χ1v) is 6.65. The first-order valence-electron chi connectivity index (χ1n) is 5.21. The van der Waals surface area contributed by atoms with Crippen LogP contribution < -0.4 is 4.31 Å². The van der Waals surface area contributed by atoms with E-state index in [1.165, 1.54) is 37.5 Å². The van der Waals surface area contributed by atoms with Gasteiger partial charge < -0.3 is 5.11 Å². The van der Waals surface area contributed by atoms with E-state index in [0.29, 0.717) is 11.4 Å². The molecular formula is C11H13N3O3S. The second-order valence-electron chi connectivity index (χ2n) is 3.85. The van der Waals surface area contributed by atoms with E-state index in [9.17, 15) is 13.5 Å². The van der Waals surface area contributed by atoms with Gasteiger partial charge in [0.2, 0.25) is 0 Å². The van der Waals surface area contributed by atoms with Crippen molar-refractivity contribution in [1.29, 1.82) is 0 Å². The third-order valence-corrected chi connectivity index (χ3v) is 4.53. The zero-order valence-corrected chi connectivity index (χ0v) is 10.8. The number of aromatic nitrogens is 2. The van der Waals surface area contributed by atoms with Gasteiger partial charge in [-0.15, -0.1) is 0 Å². The van der Waals surface area contributed by atoms with E-state index >= 15 is 0 Å². The Balaban J connectivity index is 2.42. The molecule has 2 aromatic rings. The molecule has 2 rings (SSSR count). The number of aryl methyl sites for hydroxylation is 1. The molecule has 96 valence electrons. The molecule has 0 aliphatic rings. The van der Waals surface area contributed by atoms with Crippen molar-refractivity contribution < 1.29 is 13.5 Å². The highest BCUT2D eigenvalue weighted by atomic mass is 32.2. The van der Waals surface area contributed by atoms with Gasteiger partial charge in [-0.25, -0.2) is 8.42 Å². The van der Waals surface area contributed by atoms with Gasteiger partial charge >= 0.3 is 0 Å². The van der Waals surface area contributed by atoms with Crippen molar-refractivity contribution in [2.45, 2.75) is 11.8 Å². The fourth-order valence-electron chi connectivity index (χ4n) is 1.55. The van der Waals surface area contributed by atoms with Crippen LogP contribution in [0.5, 0.6) is 5.75 Å². The molecule has 0 aliphatic carbocycles. The van der Waals surface area contributed by atoms with Crippen LogP contribution in [0.2, 0.25) is 0 Å². The lowest BCUT2D eigenvalue weighted by Crippen LogP contribution is -2.26. The lowest BCUT2D eigenvalue weighted by Gasteiger charge is -2.18. The maximum atomic E-state index is 12.3. The number of benzene rings is 1. The maximum absolute atomic E-state index is 12.3. The van der Waals surface area contributed by atoms with Crippen LogP contribution in [-0.2, 0) is 10.0 Å². The molecular weight excluding hydrogens is 254 g/mol. The van der Waals surface area contributed by atoms with E-state index in [4.69, 9.17) is 0 Å². The summed E-state index contributed by atoms with van der Waals surface area (Å²) in [6.45, 7) is 1.64. The Morgan fingerprint density at radius 3 is 2.39 bits per heavy atom. The van der Waals surface area contributed by atoms with Gasteiger partial charge in [-0.2, -0.15) is 5.10 Å². The number of hydrogen-bond acceptors (Lipinski definition) is 4. The summed E-state index contributed by atoms with van der Waals surface area (Å²) in [7, 11) is -2.18. The number of rotatable bonds is 3. The van der Waals surface area contributed by atoms with Crippen molar-refractivity contribution in [2.75, 3.05) is 11.4 Å². The second-order valence-corrected chi connectivity index (χ2v) is 5.79. The van der Waals surface area contributed by atoms with E-state index in [-0.39, 0.29) is 10.6 Å². The monoisotopic (exact) mass is 267 g/mol. The SMILES string of the molecule is Cc1[nH]ncc1S(=O)(=O)N(C)c1ccc(O)cc1. The first-order chi connectivity index (χ1) is 8.43.